The second kappa shape index (κ2) is 7.42. The Morgan fingerprint density at radius 1 is 1.38 bits per heavy atom. The van der Waals surface area contributed by atoms with Gasteiger partial charge in [0.2, 0.25) is 0 Å². The summed E-state index contributed by atoms with van der Waals surface area (Å²) in [5.74, 6) is 3.77. The zero-order chi connectivity index (χ0) is 13.9. The molecule has 0 spiro atoms. The second-order valence-corrected chi connectivity index (χ2v) is 5.80. The lowest BCUT2D eigenvalue weighted by Gasteiger charge is -2.14. The van der Waals surface area contributed by atoms with E-state index in [-0.39, 0.29) is 24.0 Å². The van der Waals surface area contributed by atoms with Gasteiger partial charge < -0.3 is 15.2 Å². The first kappa shape index (κ1) is 16.5. The lowest BCUT2D eigenvalue weighted by Crippen LogP contribution is -2.39. The van der Waals surface area contributed by atoms with E-state index < -0.39 is 0 Å². The summed E-state index contributed by atoms with van der Waals surface area (Å²) in [5, 5.41) is 15.3. The van der Waals surface area contributed by atoms with E-state index in [2.05, 4.69) is 44.2 Å². The van der Waals surface area contributed by atoms with Gasteiger partial charge in [0.15, 0.2) is 11.8 Å². The van der Waals surface area contributed by atoms with Crippen LogP contribution in [0.4, 0.5) is 0 Å². The van der Waals surface area contributed by atoms with E-state index in [1.54, 1.807) is 0 Å². The molecular formula is C14H25IN6. The van der Waals surface area contributed by atoms with Crippen molar-refractivity contribution in [3.05, 3.63) is 11.6 Å². The van der Waals surface area contributed by atoms with E-state index in [4.69, 9.17) is 0 Å². The number of aromatic nitrogens is 3. The minimum atomic E-state index is 0. The molecule has 0 saturated heterocycles. The Bertz CT molecular complexity index is 498. The molecule has 2 heterocycles. The molecule has 21 heavy (non-hydrogen) atoms. The lowest BCUT2D eigenvalue weighted by atomic mass is 10.2. The van der Waals surface area contributed by atoms with Crippen molar-refractivity contribution in [2.75, 3.05) is 6.54 Å². The highest BCUT2D eigenvalue weighted by atomic mass is 127. The maximum atomic E-state index is 4.65. The first-order valence-electron chi connectivity index (χ1n) is 7.73. The largest absolute Gasteiger partial charge is 0.357 e. The quantitative estimate of drug-likeness (QED) is 0.456. The van der Waals surface area contributed by atoms with Crippen molar-refractivity contribution in [1.29, 1.82) is 0 Å². The summed E-state index contributed by atoms with van der Waals surface area (Å²) in [6.45, 7) is 6.87. The number of aliphatic imine (C=N–C) groups is 1. The van der Waals surface area contributed by atoms with Crippen molar-refractivity contribution in [2.45, 2.75) is 58.7 Å². The van der Waals surface area contributed by atoms with Crippen molar-refractivity contribution in [3.63, 3.8) is 0 Å². The van der Waals surface area contributed by atoms with Crippen molar-refractivity contribution in [2.24, 2.45) is 10.9 Å². The van der Waals surface area contributed by atoms with E-state index in [0.29, 0.717) is 12.6 Å². The van der Waals surface area contributed by atoms with Crippen molar-refractivity contribution in [3.8, 4) is 0 Å². The molecule has 1 aliphatic carbocycles. The van der Waals surface area contributed by atoms with Gasteiger partial charge >= 0.3 is 0 Å². The van der Waals surface area contributed by atoms with Crippen LogP contribution in [-0.2, 0) is 19.5 Å². The SMILES string of the molecule is CCNC(=NCc1nnc2n1CCCC2)NC1CC1C.I. The Balaban J connectivity index is 0.00000161. The summed E-state index contributed by atoms with van der Waals surface area (Å²) in [6.07, 6.45) is 4.74. The third-order valence-electron chi connectivity index (χ3n) is 4.09. The van der Waals surface area contributed by atoms with Crippen LogP contribution in [-0.4, -0.2) is 33.3 Å². The molecule has 2 atom stereocenters. The Kier molecular flexibility index (Phi) is 5.83. The van der Waals surface area contributed by atoms with Gasteiger partial charge in [-0.2, -0.15) is 0 Å². The molecule has 1 saturated carbocycles. The summed E-state index contributed by atoms with van der Waals surface area (Å²) in [4.78, 5) is 4.65. The van der Waals surface area contributed by atoms with Crippen molar-refractivity contribution < 1.29 is 0 Å². The van der Waals surface area contributed by atoms with Crippen LogP contribution < -0.4 is 10.6 Å². The van der Waals surface area contributed by atoms with Crippen LogP contribution in [0.5, 0.6) is 0 Å². The van der Waals surface area contributed by atoms with Crippen LogP contribution in [0.2, 0.25) is 0 Å². The number of halogens is 1. The number of guanidine groups is 1. The molecule has 118 valence electrons. The molecule has 3 rings (SSSR count). The third kappa shape index (κ3) is 4.08. The zero-order valence-corrected chi connectivity index (χ0v) is 15.1. The molecule has 2 aliphatic rings. The summed E-state index contributed by atoms with van der Waals surface area (Å²) in [5.41, 5.74) is 0. The zero-order valence-electron chi connectivity index (χ0n) is 12.8. The summed E-state index contributed by atoms with van der Waals surface area (Å²) < 4.78 is 2.23. The van der Waals surface area contributed by atoms with Crippen molar-refractivity contribution in [1.82, 2.24) is 25.4 Å². The second-order valence-electron chi connectivity index (χ2n) is 5.80. The number of hydrogen-bond acceptors (Lipinski definition) is 3. The van der Waals surface area contributed by atoms with E-state index in [1.165, 1.54) is 19.3 Å². The van der Waals surface area contributed by atoms with E-state index in [0.717, 1.165) is 43.0 Å². The Morgan fingerprint density at radius 3 is 2.90 bits per heavy atom. The molecule has 6 nitrogen and oxygen atoms in total. The van der Waals surface area contributed by atoms with Crippen LogP contribution in [0.3, 0.4) is 0 Å². The van der Waals surface area contributed by atoms with Gasteiger partial charge in [-0.05, 0) is 32.1 Å². The average Bonchev–Trinajstić information content (AvgIpc) is 3.00. The first-order valence-corrected chi connectivity index (χ1v) is 7.73. The normalized spacial score (nSPS) is 24.0. The fourth-order valence-corrected chi connectivity index (χ4v) is 2.65. The summed E-state index contributed by atoms with van der Waals surface area (Å²) in [6, 6.07) is 0.583. The number of nitrogens with one attached hydrogen (secondary N) is 2. The molecule has 2 unspecified atom stereocenters. The fourth-order valence-electron chi connectivity index (χ4n) is 2.65. The minimum absolute atomic E-state index is 0. The van der Waals surface area contributed by atoms with Crippen LogP contribution >= 0.6 is 24.0 Å². The van der Waals surface area contributed by atoms with Gasteiger partial charge in [-0.25, -0.2) is 4.99 Å². The maximum absolute atomic E-state index is 4.65. The molecule has 0 aromatic carbocycles. The van der Waals surface area contributed by atoms with Gasteiger partial charge in [0.25, 0.3) is 0 Å². The molecular weight excluding hydrogens is 379 g/mol. The Labute approximate surface area is 143 Å². The Morgan fingerprint density at radius 2 is 2.19 bits per heavy atom. The van der Waals surface area contributed by atoms with Gasteiger partial charge in [0.1, 0.15) is 12.4 Å². The van der Waals surface area contributed by atoms with E-state index in [1.807, 2.05) is 0 Å². The van der Waals surface area contributed by atoms with Gasteiger partial charge in [0, 0.05) is 25.6 Å². The molecule has 0 radical (unpaired) electrons. The van der Waals surface area contributed by atoms with Crippen molar-refractivity contribution >= 4 is 29.9 Å². The summed E-state index contributed by atoms with van der Waals surface area (Å²) >= 11 is 0. The first-order chi connectivity index (χ1) is 9.78. The molecule has 7 heteroatoms. The number of rotatable bonds is 4. The number of fused-ring (bicyclic) bond motifs is 1. The highest BCUT2D eigenvalue weighted by molar-refractivity contribution is 14.0. The van der Waals surface area contributed by atoms with Gasteiger partial charge in [-0.3, -0.25) is 0 Å². The van der Waals surface area contributed by atoms with Gasteiger partial charge in [-0.15, -0.1) is 34.2 Å². The topological polar surface area (TPSA) is 67.1 Å². The molecule has 1 aromatic heterocycles. The average molecular weight is 404 g/mol. The third-order valence-corrected chi connectivity index (χ3v) is 4.09. The van der Waals surface area contributed by atoms with E-state index >= 15 is 0 Å². The van der Waals surface area contributed by atoms with Gasteiger partial charge in [0.05, 0.1) is 0 Å². The fraction of sp³-hybridized carbons (Fsp3) is 0.786. The predicted molar refractivity (Wildman–Crippen MR) is 93.9 cm³/mol. The molecule has 1 aliphatic heterocycles. The van der Waals surface area contributed by atoms with E-state index in [9.17, 15) is 0 Å². The lowest BCUT2D eigenvalue weighted by molar-refractivity contribution is 0.508. The predicted octanol–water partition coefficient (Wildman–Crippen LogP) is 1.70. The molecule has 0 amide bonds. The number of nitrogens with zero attached hydrogens (tertiary/aromatic N) is 4. The molecule has 1 fully saturated rings. The monoisotopic (exact) mass is 404 g/mol. The minimum Gasteiger partial charge on any atom is -0.357 e. The highest BCUT2D eigenvalue weighted by Crippen LogP contribution is 2.28. The van der Waals surface area contributed by atoms with Crippen LogP contribution in [0.1, 0.15) is 44.8 Å². The molecule has 1 aromatic rings. The number of hydrogen-bond donors (Lipinski definition) is 2. The smallest absolute Gasteiger partial charge is 0.191 e. The maximum Gasteiger partial charge on any atom is 0.191 e. The molecule has 2 N–H and O–H groups in total. The van der Waals surface area contributed by atoms with Crippen LogP contribution in [0.25, 0.3) is 0 Å². The number of aryl methyl sites for hydroxylation is 1. The highest BCUT2D eigenvalue weighted by Gasteiger charge is 2.33. The summed E-state index contributed by atoms with van der Waals surface area (Å²) in [7, 11) is 0. The molecule has 0 bridgehead atoms. The standard InChI is InChI=1S/C14H24N6.HI/c1-3-15-14(17-11-8-10(11)2)16-9-13-19-18-12-6-4-5-7-20(12)13;/h10-11H,3-9H2,1-2H3,(H2,15,16,17);1H. The van der Waals surface area contributed by atoms with Crippen LogP contribution in [0.15, 0.2) is 4.99 Å². The van der Waals surface area contributed by atoms with Crippen LogP contribution in [0, 0.1) is 5.92 Å². The Hall–Kier alpha value is -0.860. The van der Waals surface area contributed by atoms with Gasteiger partial charge in [-0.1, -0.05) is 6.92 Å².